The lowest BCUT2D eigenvalue weighted by Crippen LogP contribution is -2.19. The number of carbonyl (C=O) groups excluding carboxylic acids is 2. The summed E-state index contributed by atoms with van der Waals surface area (Å²) < 4.78 is 16.3. The van der Waals surface area contributed by atoms with Gasteiger partial charge < -0.3 is 14.2 Å². The predicted octanol–water partition coefficient (Wildman–Crippen LogP) is 3.99. The van der Waals surface area contributed by atoms with E-state index < -0.39 is 16.8 Å². The number of hydrazone groups is 1. The Morgan fingerprint density at radius 1 is 1.00 bits per heavy atom. The van der Waals surface area contributed by atoms with E-state index in [4.69, 9.17) is 14.2 Å². The number of methoxy groups -OCH3 is 1. The minimum absolute atomic E-state index is 0.113. The van der Waals surface area contributed by atoms with E-state index in [1.54, 1.807) is 43.3 Å². The molecule has 174 valence electrons. The maximum Gasteiger partial charge on any atom is 0.347 e. The summed E-state index contributed by atoms with van der Waals surface area (Å²) in [5, 5.41) is 14.9. The average molecular weight is 463 g/mol. The van der Waals surface area contributed by atoms with Gasteiger partial charge in [0.05, 0.1) is 24.9 Å². The van der Waals surface area contributed by atoms with Gasteiger partial charge in [-0.15, -0.1) is 0 Å². The van der Waals surface area contributed by atoms with Crippen LogP contribution in [0.2, 0.25) is 0 Å². The summed E-state index contributed by atoms with van der Waals surface area (Å²) in [6.45, 7) is 2.09. The highest BCUT2D eigenvalue weighted by Gasteiger charge is 2.19. The monoisotopic (exact) mass is 463 g/mol. The zero-order valence-electron chi connectivity index (χ0n) is 18.4. The Balaban J connectivity index is 1.75. The van der Waals surface area contributed by atoms with Gasteiger partial charge in [-0.05, 0) is 48.9 Å². The number of rotatable bonds is 9. The molecular formula is C24H21N3O7. The lowest BCUT2D eigenvalue weighted by Gasteiger charge is -2.12. The third kappa shape index (κ3) is 5.74. The number of ether oxygens (including phenoxy) is 3. The number of nitrogens with one attached hydrogen (secondary N) is 1. The van der Waals surface area contributed by atoms with Gasteiger partial charge in [-0.1, -0.05) is 24.3 Å². The van der Waals surface area contributed by atoms with Gasteiger partial charge in [0.1, 0.15) is 16.9 Å². The normalized spacial score (nSPS) is 10.5. The number of hydrogen-bond donors (Lipinski definition) is 1. The molecule has 0 radical (unpaired) electrons. The lowest BCUT2D eigenvalue weighted by molar-refractivity contribution is -0.385. The fourth-order valence-electron chi connectivity index (χ4n) is 2.98. The summed E-state index contributed by atoms with van der Waals surface area (Å²) in [5.41, 5.74) is 2.62. The molecule has 1 amide bonds. The highest BCUT2D eigenvalue weighted by Crippen LogP contribution is 2.30. The van der Waals surface area contributed by atoms with Crippen molar-refractivity contribution >= 4 is 23.8 Å². The fourth-order valence-corrected chi connectivity index (χ4v) is 2.98. The summed E-state index contributed by atoms with van der Waals surface area (Å²) in [6, 6.07) is 16.9. The first-order chi connectivity index (χ1) is 16.4. The van der Waals surface area contributed by atoms with Crippen LogP contribution in [0.4, 0.5) is 5.69 Å². The fraction of sp³-hybridized carbons (Fsp3) is 0.125. The van der Waals surface area contributed by atoms with Crippen molar-refractivity contribution in [2.75, 3.05) is 13.7 Å². The molecule has 0 aliphatic rings. The van der Waals surface area contributed by atoms with Gasteiger partial charge in [0.15, 0.2) is 11.5 Å². The molecule has 3 aromatic rings. The minimum atomic E-state index is -0.726. The number of nitro groups is 1. The van der Waals surface area contributed by atoms with Crippen LogP contribution in [0.3, 0.4) is 0 Å². The number of esters is 1. The van der Waals surface area contributed by atoms with Crippen LogP contribution in [0.1, 0.15) is 33.2 Å². The van der Waals surface area contributed by atoms with E-state index in [0.29, 0.717) is 23.7 Å². The first-order valence-electron chi connectivity index (χ1n) is 10.1. The molecule has 0 aliphatic heterocycles. The van der Waals surface area contributed by atoms with Crippen LogP contribution >= 0.6 is 0 Å². The number of benzene rings is 3. The Hall–Kier alpha value is -4.73. The standard InChI is InChI=1S/C24H21N3O7/c1-3-33-22-14-16(15-25-26-23(28)17-8-4-6-10-19(17)27(30)31)12-13-21(22)34-24(29)18-9-5-7-11-20(18)32-2/h4-15H,3H2,1-2H3,(H,26,28). The molecule has 0 aliphatic carbocycles. The summed E-state index contributed by atoms with van der Waals surface area (Å²) in [4.78, 5) is 35.3. The van der Waals surface area contributed by atoms with E-state index in [1.807, 2.05) is 0 Å². The smallest absolute Gasteiger partial charge is 0.347 e. The zero-order chi connectivity index (χ0) is 24.5. The SMILES string of the molecule is CCOc1cc(C=NNC(=O)c2ccccc2[N+](=O)[O-])ccc1OC(=O)c1ccccc1OC. The van der Waals surface area contributed by atoms with Crippen molar-refractivity contribution < 1.29 is 28.7 Å². The van der Waals surface area contributed by atoms with Crippen LogP contribution in [0.5, 0.6) is 17.2 Å². The van der Waals surface area contributed by atoms with Gasteiger partial charge in [-0.3, -0.25) is 14.9 Å². The van der Waals surface area contributed by atoms with Gasteiger partial charge in [-0.2, -0.15) is 5.10 Å². The molecule has 34 heavy (non-hydrogen) atoms. The van der Waals surface area contributed by atoms with Gasteiger partial charge in [0.25, 0.3) is 11.6 Å². The van der Waals surface area contributed by atoms with Crippen molar-refractivity contribution in [1.29, 1.82) is 0 Å². The Morgan fingerprint density at radius 2 is 1.71 bits per heavy atom. The van der Waals surface area contributed by atoms with E-state index in [9.17, 15) is 19.7 Å². The molecule has 10 heteroatoms. The first-order valence-corrected chi connectivity index (χ1v) is 10.1. The second-order valence-electron chi connectivity index (χ2n) is 6.70. The summed E-state index contributed by atoms with van der Waals surface area (Å²) in [6.07, 6.45) is 1.33. The van der Waals surface area contributed by atoms with Crippen molar-refractivity contribution in [3.05, 3.63) is 93.5 Å². The van der Waals surface area contributed by atoms with Gasteiger partial charge in [0, 0.05) is 6.07 Å². The van der Waals surface area contributed by atoms with Gasteiger partial charge in [0.2, 0.25) is 0 Å². The maximum atomic E-state index is 12.6. The van der Waals surface area contributed by atoms with E-state index in [0.717, 1.165) is 0 Å². The molecule has 0 saturated carbocycles. The van der Waals surface area contributed by atoms with Crippen LogP contribution in [-0.2, 0) is 0 Å². The van der Waals surface area contributed by atoms with Crippen LogP contribution in [0.15, 0.2) is 71.8 Å². The second-order valence-corrected chi connectivity index (χ2v) is 6.70. The van der Waals surface area contributed by atoms with Gasteiger partial charge in [-0.25, -0.2) is 10.2 Å². The molecule has 0 bridgehead atoms. The number of nitro benzene ring substituents is 1. The number of nitrogens with zero attached hydrogens (tertiary/aromatic N) is 2. The second kappa shape index (κ2) is 11.2. The first kappa shape index (κ1) is 23.9. The third-order valence-corrected chi connectivity index (χ3v) is 4.52. The summed E-state index contributed by atoms with van der Waals surface area (Å²) in [5.74, 6) is -0.477. The average Bonchev–Trinajstić information content (AvgIpc) is 2.85. The van der Waals surface area contributed by atoms with Crippen molar-refractivity contribution in [1.82, 2.24) is 5.43 Å². The lowest BCUT2D eigenvalue weighted by atomic mass is 10.2. The predicted molar refractivity (Wildman–Crippen MR) is 124 cm³/mol. The van der Waals surface area contributed by atoms with E-state index in [2.05, 4.69) is 10.5 Å². The summed E-state index contributed by atoms with van der Waals surface area (Å²) >= 11 is 0. The number of carbonyl (C=O) groups is 2. The van der Waals surface area contributed by atoms with Crippen LogP contribution in [0.25, 0.3) is 0 Å². The summed E-state index contributed by atoms with van der Waals surface area (Å²) in [7, 11) is 1.46. The van der Waals surface area contributed by atoms with Crippen LogP contribution in [-0.4, -0.2) is 36.7 Å². The molecule has 0 aromatic heterocycles. The Morgan fingerprint density at radius 3 is 2.41 bits per heavy atom. The largest absolute Gasteiger partial charge is 0.496 e. The Bertz CT molecular complexity index is 1240. The molecule has 0 atom stereocenters. The molecule has 0 saturated heterocycles. The highest BCUT2D eigenvalue weighted by atomic mass is 16.6. The molecule has 0 spiro atoms. The molecule has 0 unspecified atom stereocenters. The molecule has 3 rings (SSSR count). The molecule has 3 aromatic carbocycles. The number of amides is 1. The van der Waals surface area contributed by atoms with Crippen LogP contribution < -0.4 is 19.6 Å². The maximum absolute atomic E-state index is 12.6. The van der Waals surface area contributed by atoms with Crippen LogP contribution in [0, 0.1) is 10.1 Å². The molecule has 0 heterocycles. The Labute approximate surface area is 194 Å². The topological polar surface area (TPSA) is 129 Å². The zero-order valence-corrected chi connectivity index (χ0v) is 18.4. The van der Waals surface area contributed by atoms with Gasteiger partial charge >= 0.3 is 5.97 Å². The van der Waals surface area contributed by atoms with E-state index >= 15 is 0 Å². The van der Waals surface area contributed by atoms with Crippen molar-refractivity contribution in [3.63, 3.8) is 0 Å². The van der Waals surface area contributed by atoms with Crippen molar-refractivity contribution in [3.8, 4) is 17.2 Å². The van der Waals surface area contributed by atoms with Crippen molar-refractivity contribution in [2.24, 2.45) is 5.10 Å². The highest BCUT2D eigenvalue weighted by molar-refractivity contribution is 5.98. The molecule has 0 fully saturated rings. The number of hydrogen-bond acceptors (Lipinski definition) is 8. The van der Waals surface area contributed by atoms with Crippen molar-refractivity contribution in [2.45, 2.75) is 6.92 Å². The molecule has 10 nitrogen and oxygen atoms in total. The quantitative estimate of drug-likeness (QED) is 0.167. The minimum Gasteiger partial charge on any atom is -0.496 e. The molecular weight excluding hydrogens is 442 g/mol. The van der Waals surface area contributed by atoms with E-state index in [-0.39, 0.29) is 22.6 Å². The Kier molecular flexibility index (Phi) is 7.90. The van der Waals surface area contributed by atoms with E-state index in [1.165, 1.54) is 43.7 Å². The third-order valence-electron chi connectivity index (χ3n) is 4.52. The molecule has 1 N–H and O–H groups in total. The number of para-hydroxylation sites is 2.